The zero-order valence-electron chi connectivity index (χ0n) is 7.48. The average Bonchev–Trinajstić information content (AvgIpc) is 2.53. The number of rotatable bonds is 1. The number of hydrogen-bond acceptors (Lipinski definition) is 3. The van der Waals surface area contributed by atoms with Crippen molar-refractivity contribution in [3.8, 4) is 5.75 Å². The summed E-state index contributed by atoms with van der Waals surface area (Å²) in [7, 11) is 0. The van der Waals surface area contributed by atoms with Gasteiger partial charge in [-0.2, -0.15) is 0 Å². The zero-order chi connectivity index (χ0) is 9.26. The van der Waals surface area contributed by atoms with Gasteiger partial charge in [0, 0.05) is 24.8 Å². The third kappa shape index (κ3) is 1.75. The van der Waals surface area contributed by atoms with Crippen molar-refractivity contribution in [3.05, 3.63) is 24.3 Å². The molecule has 2 rings (SSSR count). The fourth-order valence-electron chi connectivity index (χ4n) is 1.69. The third-order valence-corrected chi connectivity index (χ3v) is 2.44. The second kappa shape index (κ2) is 3.26. The quantitative estimate of drug-likeness (QED) is 0.672. The van der Waals surface area contributed by atoms with Gasteiger partial charge >= 0.3 is 0 Å². The standard InChI is InChI=1S/C10H14N2O/c11-8-5-6-12(7-8)9-1-3-10(13)4-2-9/h1-4,8,13H,5-7,11H2/t8-/m1/s1. The van der Waals surface area contributed by atoms with Crippen LogP contribution in [0.2, 0.25) is 0 Å². The van der Waals surface area contributed by atoms with Crippen LogP contribution in [0.15, 0.2) is 24.3 Å². The van der Waals surface area contributed by atoms with Crippen LogP contribution in [0.4, 0.5) is 5.69 Å². The number of aromatic hydroxyl groups is 1. The lowest BCUT2D eigenvalue weighted by Crippen LogP contribution is -2.26. The van der Waals surface area contributed by atoms with E-state index in [9.17, 15) is 0 Å². The fourth-order valence-corrected chi connectivity index (χ4v) is 1.69. The van der Waals surface area contributed by atoms with Crippen LogP contribution < -0.4 is 10.6 Å². The van der Waals surface area contributed by atoms with Crippen LogP contribution >= 0.6 is 0 Å². The molecular weight excluding hydrogens is 164 g/mol. The van der Waals surface area contributed by atoms with E-state index in [1.807, 2.05) is 12.1 Å². The molecule has 1 aromatic rings. The van der Waals surface area contributed by atoms with Gasteiger partial charge in [-0.15, -0.1) is 0 Å². The minimum absolute atomic E-state index is 0.300. The van der Waals surface area contributed by atoms with Crippen molar-refractivity contribution in [2.45, 2.75) is 12.5 Å². The number of nitrogens with zero attached hydrogens (tertiary/aromatic N) is 1. The summed E-state index contributed by atoms with van der Waals surface area (Å²) < 4.78 is 0. The number of nitrogens with two attached hydrogens (primary N) is 1. The van der Waals surface area contributed by atoms with Gasteiger partial charge < -0.3 is 15.7 Å². The Labute approximate surface area is 77.8 Å². The summed E-state index contributed by atoms with van der Waals surface area (Å²) in [5.41, 5.74) is 6.95. The summed E-state index contributed by atoms with van der Waals surface area (Å²) in [6.45, 7) is 1.94. The minimum atomic E-state index is 0.300. The molecule has 0 spiro atoms. The predicted molar refractivity (Wildman–Crippen MR) is 52.9 cm³/mol. The van der Waals surface area contributed by atoms with E-state index < -0.39 is 0 Å². The molecule has 1 saturated heterocycles. The van der Waals surface area contributed by atoms with Gasteiger partial charge in [-0.1, -0.05) is 0 Å². The van der Waals surface area contributed by atoms with Gasteiger partial charge in [0.15, 0.2) is 0 Å². The average molecular weight is 178 g/mol. The van der Waals surface area contributed by atoms with Crippen molar-refractivity contribution in [2.24, 2.45) is 5.73 Å². The Hall–Kier alpha value is -1.22. The maximum absolute atomic E-state index is 9.11. The first-order chi connectivity index (χ1) is 6.25. The van der Waals surface area contributed by atoms with Crippen LogP contribution in [0, 0.1) is 0 Å². The van der Waals surface area contributed by atoms with Crippen LogP contribution in [-0.4, -0.2) is 24.2 Å². The van der Waals surface area contributed by atoms with Crippen molar-refractivity contribution in [2.75, 3.05) is 18.0 Å². The minimum Gasteiger partial charge on any atom is -0.508 e. The van der Waals surface area contributed by atoms with E-state index in [4.69, 9.17) is 10.8 Å². The Morgan fingerprint density at radius 2 is 2.00 bits per heavy atom. The summed E-state index contributed by atoms with van der Waals surface area (Å²) in [5, 5.41) is 9.11. The molecule has 0 radical (unpaired) electrons. The number of phenols is 1. The molecular formula is C10H14N2O. The van der Waals surface area contributed by atoms with E-state index in [0.29, 0.717) is 11.8 Å². The van der Waals surface area contributed by atoms with E-state index >= 15 is 0 Å². The number of hydrogen-bond donors (Lipinski definition) is 2. The van der Waals surface area contributed by atoms with Crippen molar-refractivity contribution in [1.29, 1.82) is 0 Å². The van der Waals surface area contributed by atoms with Gasteiger partial charge in [0.05, 0.1) is 0 Å². The molecule has 13 heavy (non-hydrogen) atoms. The van der Waals surface area contributed by atoms with Crippen molar-refractivity contribution < 1.29 is 5.11 Å². The fraction of sp³-hybridized carbons (Fsp3) is 0.400. The van der Waals surface area contributed by atoms with Crippen LogP contribution in [0.1, 0.15) is 6.42 Å². The lowest BCUT2D eigenvalue weighted by molar-refractivity contribution is 0.475. The molecule has 1 aliphatic heterocycles. The molecule has 0 bridgehead atoms. The molecule has 3 N–H and O–H groups in total. The largest absolute Gasteiger partial charge is 0.508 e. The zero-order valence-corrected chi connectivity index (χ0v) is 7.48. The highest BCUT2D eigenvalue weighted by atomic mass is 16.3. The van der Waals surface area contributed by atoms with Crippen LogP contribution in [0.25, 0.3) is 0 Å². The molecule has 0 amide bonds. The second-order valence-corrected chi connectivity index (χ2v) is 3.51. The highest BCUT2D eigenvalue weighted by molar-refractivity contribution is 5.49. The summed E-state index contributed by atoms with van der Waals surface area (Å²) >= 11 is 0. The van der Waals surface area contributed by atoms with Gasteiger partial charge in [0.25, 0.3) is 0 Å². The van der Waals surface area contributed by atoms with Crippen LogP contribution in [0.5, 0.6) is 5.75 Å². The Morgan fingerprint density at radius 3 is 2.54 bits per heavy atom. The topological polar surface area (TPSA) is 49.5 Å². The van der Waals surface area contributed by atoms with Gasteiger partial charge in [0.1, 0.15) is 5.75 Å². The molecule has 1 atom stereocenters. The molecule has 1 aliphatic rings. The van der Waals surface area contributed by atoms with E-state index in [2.05, 4.69) is 4.90 Å². The number of phenolic OH excluding ortho intramolecular Hbond substituents is 1. The Morgan fingerprint density at radius 1 is 1.31 bits per heavy atom. The second-order valence-electron chi connectivity index (χ2n) is 3.51. The Bertz CT molecular complexity index is 283. The van der Waals surface area contributed by atoms with Crippen molar-refractivity contribution in [3.63, 3.8) is 0 Å². The van der Waals surface area contributed by atoms with E-state index in [1.54, 1.807) is 12.1 Å². The van der Waals surface area contributed by atoms with Gasteiger partial charge in [-0.25, -0.2) is 0 Å². The summed E-state index contributed by atoms with van der Waals surface area (Å²) in [6, 6.07) is 7.56. The lowest BCUT2D eigenvalue weighted by atomic mass is 10.3. The van der Waals surface area contributed by atoms with E-state index in [1.165, 1.54) is 0 Å². The molecule has 1 fully saturated rings. The molecule has 3 nitrogen and oxygen atoms in total. The summed E-state index contributed by atoms with van der Waals surface area (Å²) in [4.78, 5) is 2.24. The first-order valence-electron chi connectivity index (χ1n) is 4.55. The maximum Gasteiger partial charge on any atom is 0.115 e. The molecule has 0 aromatic heterocycles. The van der Waals surface area contributed by atoms with E-state index in [-0.39, 0.29) is 0 Å². The maximum atomic E-state index is 9.11. The van der Waals surface area contributed by atoms with Gasteiger partial charge in [-0.05, 0) is 30.7 Å². The molecule has 0 aliphatic carbocycles. The van der Waals surface area contributed by atoms with Gasteiger partial charge in [-0.3, -0.25) is 0 Å². The van der Waals surface area contributed by atoms with Crippen molar-refractivity contribution in [1.82, 2.24) is 0 Å². The molecule has 1 heterocycles. The van der Waals surface area contributed by atoms with Gasteiger partial charge in [0.2, 0.25) is 0 Å². The molecule has 0 saturated carbocycles. The van der Waals surface area contributed by atoms with Crippen molar-refractivity contribution >= 4 is 5.69 Å². The summed E-state index contributed by atoms with van der Waals surface area (Å²) in [5.74, 6) is 0.312. The molecule has 3 heteroatoms. The first kappa shape index (κ1) is 8.38. The predicted octanol–water partition coefficient (Wildman–Crippen LogP) is 0.930. The third-order valence-electron chi connectivity index (χ3n) is 2.44. The summed E-state index contributed by atoms with van der Waals surface area (Å²) in [6.07, 6.45) is 1.06. The first-order valence-corrected chi connectivity index (χ1v) is 4.55. The molecule has 70 valence electrons. The molecule has 0 unspecified atom stereocenters. The highest BCUT2D eigenvalue weighted by Gasteiger charge is 2.18. The number of anilines is 1. The van der Waals surface area contributed by atoms with Crippen LogP contribution in [0.3, 0.4) is 0 Å². The molecule has 1 aromatic carbocycles. The highest BCUT2D eigenvalue weighted by Crippen LogP contribution is 2.21. The van der Waals surface area contributed by atoms with Crippen LogP contribution in [-0.2, 0) is 0 Å². The SMILES string of the molecule is N[C@@H]1CCN(c2ccc(O)cc2)C1. The Kier molecular flexibility index (Phi) is 2.10. The lowest BCUT2D eigenvalue weighted by Gasteiger charge is -2.17. The Balaban J connectivity index is 2.13. The monoisotopic (exact) mass is 178 g/mol. The van der Waals surface area contributed by atoms with E-state index in [0.717, 1.165) is 25.2 Å². The normalized spacial score (nSPS) is 22.2. The number of benzene rings is 1. The smallest absolute Gasteiger partial charge is 0.115 e.